The maximum absolute atomic E-state index is 12.7. The summed E-state index contributed by atoms with van der Waals surface area (Å²) >= 11 is 0. The van der Waals surface area contributed by atoms with E-state index in [9.17, 15) is 13.2 Å². The second kappa shape index (κ2) is 3.91. The molecule has 0 N–H and O–H groups in total. The van der Waals surface area contributed by atoms with Crippen molar-refractivity contribution in [2.45, 2.75) is 13.1 Å². The first-order chi connectivity index (χ1) is 7.88. The van der Waals surface area contributed by atoms with Gasteiger partial charge < -0.3 is 0 Å². The van der Waals surface area contributed by atoms with Gasteiger partial charge in [0.1, 0.15) is 0 Å². The third kappa shape index (κ3) is 2.33. The number of hydrogen-bond donors (Lipinski definition) is 0. The quantitative estimate of drug-likeness (QED) is 0.746. The molecule has 1 aromatic carbocycles. The summed E-state index contributed by atoms with van der Waals surface area (Å²) in [5, 5.41) is 3.94. The van der Waals surface area contributed by atoms with Gasteiger partial charge in [0, 0.05) is 18.8 Å². The van der Waals surface area contributed by atoms with Crippen LogP contribution in [0.5, 0.6) is 0 Å². The first kappa shape index (κ1) is 11.7. The zero-order chi connectivity index (χ0) is 12.6. The van der Waals surface area contributed by atoms with Gasteiger partial charge in [0.25, 0.3) is 0 Å². The average molecular weight is 240 g/mol. The molecular formula is C12H11F3N2. The summed E-state index contributed by atoms with van der Waals surface area (Å²) in [6.45, 7) is 1.45. The van der Waals surface area contributed by atoms with Gasteiger partial charge in [-0.2, -0.15) is 18.3 Å². The lowest BCUT2D eigenvalue weighted by Gasteiger charge is -2.11. The van der Waals surface area contributed by atoms with Crippen LogP contribution in [0.2, 0.25) is 0 Å². The molecule has 0 radical (unpaired) electrons. The van der Waals surface area contributed by atoms with Crippen LogP contribution in [0.3, 0.4) is 0 Å². The van der Waals surface area contributed by atoms with Gasteiger partial charge in [-0.15, -0.1) is 0 Å². The molecule has 0 unspecified atom stereocenters. The molecule has 0 saturated carbocycles. The van der Waals surface area contributed by atoms with Gasteiger partial charge >= 0.3 is 6.18 Å². The number of aromatic nitrogens is 2. The van der Waals surface area contributed by atoms with Crippen LogP contribution >= 0.6 is 0 Å². The lowest BCUT2D eigenvalue weighted by atomic mass is 10.0. The van der Waals surface area contributed by atoms with Crippen LogP contribution in [0.1, 0.15) is 11.1 Å². The number of benzene rings is 1. The average Bonchev–Trinajstić information content (AvgIpc) is 2.64. The van der Waals surface area contributed by atoms with E-state index in [2.05, 4.69) is 5.10 Å². The Balaban J connectivity index is 2.51. The zero-order valence-electron chi connectivity index (χ0n) is 9.42. The van der Waals surface area contributed by atoms with Gasteiger partial charge in [-0.05, 0) is 24.1 Å². The van der Waals surface area contributed by atoms with Crippen molar-refractivity contribution in [1.82, 2.24) is 9.78 Å². The molecule has 2 aromatic rings. The van der Waals surface area contributed by atoms with Crippen molar-refractivity contribution >= 4 is 0 Å². The summed E-state index contributed by atoms with van der Waals surface area (Å²) < 4.78 is 39.7. The Morgan fingerprint density at radius 3 is 2.41 bits per heavy atom. The number of nitrogens with zero attached hydrogens (tertiary/aromatic N) is 2. The minimum absolute atomic E-state index is 0.227. The number of alkyl halides is 3. The number of halogens is 3. The first-order valence-corrected chi connectivity index (χ1v) is 5.05. The van der Waals surface area contributed by atoms with E-state index in [1.165, 1.54) is 13.0 Å². The normalized spacial score (nSPS) is 11.8. The molecule has 2 nitrogen and oxygen atoms in total. The maximum atomic E-state index is 12.7. The molecule has 0 fully saturated rings. The van der Waals surface area contributed by atoms with Gasteiger partial charge in [0.15, 0.2) is 0 Å². The summed E-state index contributed by atoms with van der Waals surface area (Å²) in [5.74, 6) is 0. The zero-order valence-corrected chi connectivity index (χ0v) is 9.42. The van der Waals surface area contributed by atoms with Crippen molar-refractivity contribution < 1.29 is 13.2 Å². The Morgan fingerprint density at radius 2 is 1.88 bits per heavy atom. The molecule has 1 heterocycles. The first-order valence-electron chi connectivity index (χ1n) is 5.05. The highest BCUT2D eigenvalue weighted by Gasteiger charge is 2.32. The van der Waals surface area contributed by atoms with Crippen molar-refractivity contribution in [3.63, 3.8) is 0 Å². The SMILES string of the molecule is Cc1ccc(-c2cnn(C)c2)cc1C(F)(F)F. The van der Waals surface area contributed by atoms with Crippen molar-refractivity contribution in [1.29, 1.82) is 0 Å². The number of hydrogen-bond acceptors (Lipinski definition) is 1. The third-order valence-corrected chi connectivity index (χ3v) is 2.58. The van der Waals surface area contributed by atoms with Crippen LogP contribution in [0.4, 0.5) is 13.2 Å². The molecule has 0 bridgehead atoms. The predicted octanol–water partition coefficient (Wildman–Crippen LogP) is 3.41. The number of rotatable bonds is 1. The predicted molar refractivity (Wildman–Crippen MR) is 58.4 cm³/mol. The van der Waals surface area contributed by atoms with E-state index in [-0.39, 0.29) is 5.56 Å². The Morgan fingerprint density at radius 1 is 1.18 bits per heavy atom. The van der Waals surface area contributed by atoms with Gasteiger partial charge in [0.05, 0.1) is 11.8 Å². The van der Waals surface area contributed by atoms with Gasteiger partial charge in [-0.25, -0.2) is 0 Å². The van der Waals surface area contributed by atoms with Crippen LogP contribution in [-0.4, -0.2) is 9.78 Å². The summed E-state index contributed by atoms with van der Waals surface area (Å²) in [7, 11) is 1.72. The van der Waals surface area contributed by atoms with E-state index in [0.29, 0.717) is 11.1 Å². The van der Waals surface area contributed by atoms with E-state index >= 15 is 0 Å². The topological polar surface area (TPSA) is 17.8 Å². The van der Waals surface area contributed by atoms with E-state index in [4.69, 9.17) is 0 Å². The van der Waals surface area contributed by atoms with Crippen molar-refractivity contribution in [3.8, 4) is 11.1 Å². The molecule has 90 valence electrons. The standard InChI is InChI=1S/C12H11F3N2/c1-8-3-4-9(5-11(8)12(13,14)15)10-6-16-17(2)7-10/h3-7H,1-2H3. The van der Waals surface area contributed by atoms with Crippen molar-refractivity contribution in [2.24, 2.45) is 7.05 Å². The minimum Gasteiger partial charge on any atom is -0.275 e. The fourth-order valence-electron chi connectivity index (χ4n) is 1.68. The molecule has 0 amide bonds. The van der Waals surface area contributed by atoms with E-state index < -0.39 is 11.7 Å². The lowest BCUT2D eigenvalue weighted by Crippen LogP contribution is -2.07. The molecule has 17 heavy (non-hydrogen) atoms. The molecule has 0 aliphatic rings. The molecular weight excluding hydrogens is 229 g/mol. The molecule has 0 aliphatic carbocycles. The van der Waals surface area contributed by atoms with Crippen LogP contribution in [0.25, 0.3) is 11.1 Å². The van der Waals surface area contributed by atoms with Crippen molar-refractivity contribution in [3.05, 3.63) is 41.7 Å². The van der Waals surface area contributed by atoms with Gasteiger partial charge in [0.2, 0.25) is 0 Å². The summed E-state index contributed by atoms with van der Waals surface area (Å²) in [5.41, 5.74) is 0.831. The Kier molecular flexibility index (Phi) is 2.69. The molecule has 0 atom stereocenters. The lowest BCUT2D eigenvalue weighted by molar-refractivity contribution is -0.138. The summed E-state index contributed by atoms with van der Waals surface area (Å²) in [4.78, 5) is 0. The molecule has 0 saturated heterocycles. The monoisotopic (exact) mass is 240 g/mol. The maximum Gasteiger partial charge on any atom is 0.416 e. The highest BCUT2D eigenvalue weighted by molar-refractivity contribution is 5.63. The minimum atomic E-state index is -4.32. The largest absolute Gasteiger partial charge is 0.416 e. The van der Waals surface area contributed by atoms with E-state index in [1.807, 2.05) is 0 Å². The summed E-state index contributed by atoms with van der Waals surface area (Å²) in [6.07, 6.45) is -1.09. The summed E-state index contributed by atoms with van der Waals surface area (Å²) in [6, 6.07) is 4.30. The van der Waals surface area contributed by atoms with Crippen LogP contribution < -0.4 is 0 Å². The van der Waals surface area contributed by atoms with Crippen LogP contribution in [0.15, 0.2) is 30.6 Å². The highest BCUT2D eigenvalue weighted by Crippen LogP contribution is 2.34. The van der Waals surface area contributed by atoms with Crippen molar-refractivity contribution in [2.75, 3.05) is 0 Å². The highest BCUT2D eigenvalue weighted by atomic mass is 19.4. The second-order valence-electron chi connectivity index (χ2n) is 3.93. The van der Waals surface area contributed by atoms with E-state index in [1.54, 1.807) is 30.2 Å². The Bertz CT molecular complexity index is 541. The molecule has 1 aromatic heterocycles. The third-order valence-electron chi connectivity index (χ3n) is 2.58. The van der Waals surface area contributed by atoms with E-state index in [0.717, 1.165) is 6.07 Å². The molecule has 0 spiro atoms. The second-order valence-corrected chi connectivity index (χ2v) is 3.93. The Labute approximate surface area is 96.7 Å². The smallest absolute Gasteiger partial charge is 0.275 e. The van der Waals surface area contributed by atoms with Crippen LogP contribution in [-0.2, 0) is 13.2 Å². The number of aryl methyl sites for hydroxylation is 2. The molecule has 5 heteroatoms. The molecule has 0 aliphatic heterocycles. The molecule has 2 rings (SSSR count). The van der Waals surface area contributed by atoms with Gasteiger partial charge in [-0.3, -0.25) is 4.68 Å². The fraction of sp³-hybridized carbons (Fsp3) is 0.250. The fourth-order valence-corrected chi connectivity index (χ4v) is 1.68. The van der Waals surface area contributed by atoms with Crippen LogP contribution in [0, 0.1) is 6.92 Å². The Hall–Kier alpha value is -1.78. The van der Waals surface area contributed by atoms with Gasteiger partial charge in [-0.1, -0.05) is 12.1 Å².